The molecule has 0 aliphatic carbocycles. The summed E-state index contributed by atoms with van der Waals surface area (Å²) in [5.41, 5.74) is 14.3. The molecule has 0 spiro atoms. The van der Waals surface area contributed by atoms with Crippen LogP contribution in [0, 0.1) is 0 Å². The van der Waals surface area contributed by atoms with Crippen molar-refractivity contribution in [3.05, 3.63) is 218 Å². The molecule has 268 valence electrons. The Labute approximate surface area is 337 Å². The van der Waals surface area contributed by atoms with Gasteiger partial charge in [0.1, 0.15) is 0 Å². The number of benzene rings is 9. The van der Waals surface area contributed by atoms with Crippen molar-refractivity contribution in [3.63, 3.8) is 0 Å². The molecule has 9 aromatic carbocycles. The van der Waals surface area contributed by atoms with E-state index in [2.05, 4.69) is 228 Å². The van der Waals surface area contributed by atoms with E-state index in [-0.39, 0.29) is 14.5 Å². The van der Waals surface area contributed by atoms with Gasteiger partial charge >= 0.3 is 233 Å². The van der Waals surface area contributed by atoms with Crippen LogP contribution in [0.25, 0.3) is 80.2 Å². The molecule has 11 rings (SSSR count). The third kappa shape index (κ3) is 5.97. The summed E-state index contributed by atoms with van der Waals surface area (Å²) in [6.07, 6.45) is 0. The Balaban J connectivity index is 0.976. The fourth-order valence-electron chi connectivity index (χ4n) is 8.40. The Hall–Kier alpha value is -6.90. The largest absolute Gasteiger partial charge is 0.0617 e. The molecule has 0 amide bonds. The summed E-state index contributed by atoms with van der Waals surface area (Å²) in [5.74, 6) is 0. The van der Waals surface area contributed by atoms with Crippen molar-refractivity contribution in [2.45, 2.75) is 0 Å². The van der Waals surface area contributed by atoms with Crippen LogP contribution in [0.2, 0.25) is 0 Å². The number of nitrogens with zero attached hydrogens (tertiary/aromatic N) is 2. The minimum absolute atomic E-state index is 0.273. The molecule has 0 bridgehead atoms. The van der Waals surface area contributed by atoms with Gasteiger partial charge in [0.05, 0.1) is 5.52 Å². The van der Waals surface area contributed by atoms with E-state index < -0.39 is 0 Å². The quantitative estimate of drug-likeness (QED) is 0.146. The maximum atomic E-state index is 2.41. The predicted octanol–water partition coefficient (Wildman–Crippen LogP) is 14.6. The zero-order chi connectivity index (χ0) is 37.7. The van der Waals surface area contributed by atoms with Crippen molar-refractivity contribution in [1.29, 1.82) is 0 Å². The van der Waals surface area contributed by atoms with E-state index in [0.717, 1.165) is 11.4 Å². The van der Waals surface area contributed by atoms with Gasteiger partial charge in [0.15, 0.2) is 0 Å². The molecular weight excluding hydrogens is 756 g/mol. The molecule has 2 aromatic heterocycles. The summed E-state index contributed by atoms with van der Waals surface area (Å²) in [6, 6.07) is 79.8. The Bertz CT molecular complexity index is 3200. The van der Waals surface area contributed by atoms with Gasteiger partial charge in [-0.2, -0.15) is 0 Å². The Morgan fingerprint density at radius 3 is 1.46 bits per heavy atom. The molecule has 0 fully saturated rings. The third-order valence-electron chi connectivity index (χ3n) is 11.2. The molecule has 0 unspecified atom stereocenters. The topological polar surface area (TPSA) is 8.17 Å². The average Bonchev–Trinajstić information content (AvgIpc) is 3.83. The van der Waals surface area contributed by atoms with Crippen molar-refractivity contribution in [2.24, 2.45) is 0 Å². The zero-order valence-corrected chi connectivity index (χ0v) is 32.8. The number of anilines is 3. The predicted molar refractivity (Wildman–Crippen MR) is 244 cm³/mol. The van der Waals surface area contributed by atoms with E-state index in [1.807, 2.05) is 0 Å². The SMILES string of the molecule is c1ccc(-c2ccc(-c3ccc(N(c4ccc(-c5ccc6c(c5)c5ccccc5n6-c5ccccc5)cc4)c4ccc5c(c4)[se]c4ccccc45)cc3)cc2)cc1. The average molecular weight is 792 g/mol. The summed E-state index contributed by atoms with van der Waals surface area (Å²) in [5, 5.41) is 5.26. The smallest absolute Gasteiger partial charge is 0.0544 e. The Morgan fingerprint density at radius 1 is 0.298 bits per heavy atom. The van der Waals surface area contributed by atoms with Crippen molar-refractivity contribution in [3.8, 4) is 39.1 Å². The molecule has 11 aromatic rings. The monoisotopic (exact) mass is 792 g/mol. The summed E-state index contributed by atoms with van der Waals surface area (Å²) < 4.78 is 5.26. The maximum absolute atomic E-state index is 2.41. The Morgan fingerprint density at radius 2 is 0.772 bits per heavy atom. The standard InChI is InChI=1S/C54H36N2Se/c1-3-11-37(12-4-1)38-19-21-39(22-20-38)40-23-28-44(29-24-40)55(46-32-33-49-48-16-8-10-18-53(48)57-54(49)36-46)45-30-25-41(26-31-45)42-27-34-52-50(35-42)47-15-7-9-17-51(47)56(52)43-13-5-2-6-14-43/h1-36H. The molecule has 0 aliphatic rings. The van der Waals surface area contributed by atoms with E-state index in [1.54, 1.807) is 0 Å². The molecule has 0 N–H and O–H groups in total. The van der Waals surface area contributed by atoms with Gasteiger partial charge < -0.3 is 4.57 Å². The number of aromatic nitrogens is 1. The molecule has 0 atom stereocenters. The minimum Gasteiger partial charge on any atom is -0.0617 e. The zero-order valence-electron chi connectivity index (χ0n) is 31.1. The van der Waals surface area contributed by atoms with Crippen LogP contribution in [0.1, 0.15) is 0 Å². The second-order valence-corrected chi connectivity index (χ2v) is 16.8. The fraction of sp³-hybridized carbons (Fsp3) is 0. The van der Waals surface area contributed by atoms with E-state index in [9.17, 15) is 0 Å². The maximum Gasteiger partial charge on any atom is -0.0544 e. The molecule has 57 heavy (non-hydrogen) atoms. The normalized spacial score (nSPS) is 11.5. The van der Waals surface area contributed by atoms with Gasteiger partial charge in [0.2, 0.25) is 0 Å². The van der Waals surface area contributed by atoms with Gasteiger partial charge in [-0.1, -0.05) is 66.7 Å². The van der Waals surface area contributed by atoms with Crippen LogP contribution in [0.15, 0.2) is 218 Å². The third-order valence-corrected chi connectivity index (χ3v) is 13.6. The molecule has 0 saturated carbocycles. The van der Waals surface area contributed by atoms with Crippen molar-refractivity contribution < 1.29 is 0 Å². The molecule has 0 aliphatic heterocycles. The van der Waals surface area contributed by atoms with Crippen LogP contribution in [0.5, 0.6) is 0 Å². The number of para-hydroxylation sites is 2. The molecule has 3 heteroatoms. The van der Waals surface area contributed by atoms with Crippen LogP contribution >= 0.6 is 0 Å². The van der Waals surface area contributed by atoms with E-state index >= 15 is 0 Å². The summed E-state index contributed by atoms with van der Waals surface area (Å²) in [7, 11) is 0. The van der Waals surface area contributed by atoms with E-state index in [0.29, 0.717) is 0 Å². The molecule has 2 nitrogen and oxygen atoms in total. The van der Waals surface area contributed by atoms with Crippen molar-refractivity contribution in [1.82, 2.24) is 4.57 Å². The molecule has 2 heterocycles. The first-order valence-corrected chi connectivity index (χ1v) is 21.1. The van der Waals surface area contributed by atoms with Crippen LogP contribution in [-0.2, 0) is 0 Å². The van der Waals surface area contributed by atoms with Gasteiger partial charge in [-0.05, 0) is 23.8 Å². The first-order valence-electron chi connectivity index (χ1n) is 19.4. The van der Waals surface area contributed by atoms with Gasteiger partial charge in [-0.25, -0.2) is 0 Å². The Kier molecular flexibility index (Phi) is 8.21. The number of fused-ring (bicyclic) bond motifs is 6. The van der Waals surface area contributed by atoms with Crippen LogP contribution in [0.3, 0.4) is 0 Å². The van der Waals surface area contributed by atoms with Crippen LogP contribution < -0.4 is 4.90 Å². The van der Waals surface area contributed by atoms with E-state index in [4.69, 9.17) is 0 Å². The number of hydrogen-bond donors (Lipinski definition) is 0. The van der Waals surface area contributed by atoms with Crippen LogP contribution in [0.4, 0.5) is 17.1 Å². The second-order valence-electron chi connectivity index (χ2n) is 14.6. The van der Waals surface area contributed by atoms with Gasteiger partial charge in [-0.15, -0.1) is 0 Å². The fourth-order valence-corrected chi connectivity index (χ4v) is 10.8. The summed E-state index contributed by atoms with van der Waals surface area (Å²) in [6.45, 7) is 0. The van der Waals surface area contributed by atoms with Crippen molar-refractivity contribution >= 4 is 72.7 Å². The van der Waals surface area contributed by atoms with Crippen molar-refractivity contribution in [2.75, 3.05) is 4.90 Å². The minimum atomic E-state index is 0.273. The summed E-state index contributed by atoms with van der Waals surface area (Å²) in [4.78, 5) is 2.40. The van der Waals surface area contributed by atoms with Gasteiger partial charge in [0.25, 0.3) is 0 Å². The van der Waals surface area contributed by atoms with Crippen LogP contribution in [-0.4, -0.2) is 19.1 Å². The van der Waals surface area contributed by atoms with Gasteiger partial charge in [-0.3, -0.25) is 0 Å². The summed E-state index contributed by atoms with van der Waals surface area (Å²) >= 11 is 0.273. The first-order chi connectivity index (χ1) is 28.2. The van der Waals surface area contributed by atoms with E-state index in [1.165, 1.54) is 85.9 Å². The number of hydrogen-bond acceptors (Lipinski definition) is 1. The molecular formula is C54H36N2Se. The number of rotatable bonds is 7. The molecule has 0 saturated heterocycles. The first kappa shape index (κ1) is 33.4. The molecule has 0 radical (unpaired) electrons. The second kappa shape index (κ2) is 14.0. The van der Waals surface area contributed by atoms with Gasteiger partial charge in [0, 0.05) is 5.69 Å².